The van der Waals surface area contributed by atoms with E-state index in [1.807, 2.05) is 0 Å². The van der Waals surface area contributed by atoms with E-state index in [9.17, 15) is 0 Å². The summed E-state index contributed by atoms with van der Waals surface area (Å²) in [6, 6.07) is 13.8. The minimum Gasteiger partial charge on any atom is -0.251 e. The lowest BCUT2D eigenvalue weighted by atomic mass is 9.98. The largest absolute Gasteiger partial charge is 0.251 e. The number of nitrogens with zero attached hydrogens (tertiary/aromatic N) is 2. The SMILES string of the molecule is CCCCC#CC(=Nc1ccc(CCC)c(CCC)c1)C(CCCCCCCCCCCCCCCCCCCCCCC)=Nc1ccc(CCC)c(CCC)c1. The topological polar surface area (TPSA) is 24.7 Å². The van der Waals surface area contributed by atoms with Crippen molar-refractivity contribution < 1.29 is 0 Å². The monoisotopic (exact) mass is 779 g/mol. The molecule has 0 amide bonds. The predicted molar refractivity (Wildman–Crippen MR) is 258 cm³/mol. The van der Waals surface area contributed by atoms with Gasteiger partial charge in [0.15, 0.2) is 0 Å². The summed E-state index contributed by atoms with van der Waals surface area (Å²) in [5, 5.41) is 0. The van der Waals surface area contributed by atoms with Crippen LogP contribution in [0.1, 0.15) is 250 Å². The van der Waals surface area contributed by atoms with Crippen LogP contribution in [0.15, 0.2) is 46.4 Å². The average molecular weight is 779 g/mol. The van der Waals surface area contributed by atoms with Gasteiger partial charge in [-0.1, -0.05) is 220 Å². The molecule has 0 unspecified atom stereocenters. The molecule has 2 rings (SSSR count). The Balaban J connectivity index is 1.99. The molecule has 0 heterocycles. The van der Waals surface area contributed by atoms with Gasteiger partial charge >= 0.3 is 0 Å². The van der Waals surface area contributed by atoms with E-state index in [4.69, 9.17) is 9.98 Å². The zero-order valence-corrected chi connectivity index (χ0v) is 38.7. The molecule has 0 spiro atoms. The van der Waals surface area contributed by atoms with Gasteiger partial charge < -0.3 is 0 Å². The van der Waals surface area contributed by atoms with Crippen molar-refractivity contribution in [3.05, 3.63) is 58.7 Å². The summed E-state index contributed by atoms with van der Waals surface area (Å²) in [4.78, 5) is 10.7. The summed E-state index contributed by atoms with van der Waals surface area (Å²) >= 11 is 0. The van der Waals surface area contributed by atoms with Gasteiger partial charge in [0, 0.05) is 6.42 Å². The fraction of sp³-hybridized carbons (Fsp3) is 0.709. The first kappa shape index (κ1) is 50.5. The van der Waals surface area contributed by atoms with Crippen molar-refractivity contribution in [1.82, 2.24) is 0 Å². The van der Waals surface area contributed by atoms with Crippen molar-refractivity contribution in [1.29, 1.82) is 0 Å². The van der Waals surface area contributed by atoms with Crippen molar-refractivity contribution in [3.63, 3.8) is 0 Å². The Morgan fingerprint density at radius 1 is 0.386 bits per heavy atom. The number of hydrogen-bond donors (Lipinski definition) is 0. The second-order valence-electron chi connectivity index (χ2n) is 17.2. The van der Waals surface area contributed by atoms with E-state index in [0.29, 0.717) is 0 Å². The molecule has 0 aliphatic heterocycles. The van der Waals surface area contributed by atoms with Crippen LogP contribution < -0.4 is 0 Å². The second kappa shape index (κ2) is 35.3. The molecule has 0 fully saturated rings. The zero-order valence-electron chi connectivity index (χ0n) is 38.7. The number of unbranched alkanes of at least 4 members (excludes halogenated alkanes) is 22. The van der Waals surface area contributed by atoms with Crippen molar-refractivity contribution in [3.8, 4) is 11.8 Å². The first-order chi connectivity index (χ1) is 28.1. The lowest BCUT2D eigenvalue weighted by molar-refractivity contribution is 0.521. The molecule has 0 atom stereocenters. The molecule has 2 aromatic rings. The predicted octanol–water partition coefficient (Wildman–Crippen LogP) is 18.1. The molecule has 0 bridgehead atoms. The highest BCUT2D eigenvalue weighted by molar-refractivity contribution is 6.49. The normalized spacial score (nSPS) is 12.0. The van der Waals surface area contributed by atoms with Gasteiger partial charge in [-0.25, -0.2) is 4.99 Å². The number of rotatable bonds is 35. The Morgan fingerprint density at radius 2 is 0.754 bits per heavy atom. The van der Waals surface area contributed by atoms with Gasteiger partial charge in [0.25, 0.3) is 0 Å². The third-order valence-corrected chi connectivity index (χ3v) is 11.6. The Kier molecular flexibility index (Phi) is 31.3. The van der Waals surface area contributed by atoms with Gasteiger partial charge in [0.2, 0.25) is 0 Å². The van der Waals surface area contributed by atoms with Crippen LogP contribution in [0, 0.1) is 11.8 Å². The highest BCUT2D eigenvalue weighted by Crippen LogP contribution is 2.25. The van der Waals surface area contributed by atoms with E-state index >= 15 is 0 Å². The quantitative estimate of drug-likeness (QED) is 0.0378. The van der Waals surface area contributed by atoms with Crippen molar-refractivity contribution in [2.75, 3.05) is 0 Å². The molecule has 0 radical (unpaired) electrons. The van der Waals surface area contributed by atoms with Crippen LogP contribution in [-0.4, -0.2) is 11.4 Å². The molecule has 0 aromatic heterocycles. The standard InChI is InChI=1S/C55H90N2/c1-7-13-15-17-18-19-20-21-22-23-24-25-26-27-28-29-30-31-32-33-35-41-55(57-53-45-43-49(37-10-4)51(47-53)39-12-6)54(40-34-16-14-8-2)56-52-44-42-48(36-9-3)50(46-52)38-11-5/h42-47H,7-33,35-39,41H2,1-6H3. The first-order valence-corrected chi connectivity index (χ1v) is 25.0. The maximum atomic E-state index is 5.41. The van der Waals surface area contributed by atoms with Gasteiger partial charge in [-0.2, -0.15) is 0 Å². The molecule has 2 aromatic carbocycles. The molecule has 2 nitrogen and oxygen atoms in total. The molecular weight excluding hydrogens is 689 g/mol. The summed E-state index contributed by atoms with van der Waals surface area (Å²) in [6.07, 6.45) is 42.7. The Bertz CT molecular complexity index is 1400. The lowest BCUT2D eigenvalue weighted by Gasteiger charge is -2.12. The van der Waals surface area contributed by atoms with Gasteiger partial charge in [-0.3, -0.25) is 4.99 Å². The van der Waals surface area contributed by atoms with Gasteiger partial charge in [0.05, 0.1) is 17.1 Å². The minimum absolute atomic E-state index is 0.875. The summed E-state index contributed by atoms with van der Waals surface area (Å²) in [5.41, 5.74) is 9.87. The highest BCUT2D eigenvalue weighted by atomic mass is 14.8. The zero-order chi connectivity index (χ0) is 41.0. The van der Waals surface area contributed by atoms with Crippen molar-refractivity contribution in [2.45, 2.75) is 253 Å². The van der Waals surface area contributed by atoms with Crippen LogP contribution in [0.25, 0.3) is 0 Å². The van der Waals surface area contributed by atoms with Crippen LogP contribution in [0.5, 0.6) is 0 Å². The number of hydrogen-bond acceptors (Lipinski definition) is 2. The molecule has 0 aliphatic rings. The minimum atomic E-state index is 0.875. The van der Waals surface area contributed by atoms with E-state index < -0.39 is 0 Å². The number of benzene rings is 2. The molecule has 0 aliphatic carbocycles. The van der Waals surface area contributed by atoms with Crippen molar-refractivity contribution >= 4 is 22.8 Å². The Labute approximate surface area is 355 Å². The van der Waals surface area contributed by atoms with Gasteiger partial charge in [-0.05, 0) is 97.4 Å². The molecule has 0 N–H and O–H groups in total. The summed E-state index contributed by atoms with van der Waals surface area (Å²) in [6.45, 7) is 13.7. The van der Waals surface area contributed by atoms with Crippen molar-refractivity contribution in [2.24, 2.45) is 9.98 Å². The summed E-state index contributed by atoms with van der Waals surface area (Å²) in [7, 11) is 0. The molecular formula is C55H90N2. The molecule has 0 saturated heterocycles. The summed E-state index contributed by atoms with van der Waals surface area (Å²) in [5.74, 6) is 7.07. The Morgan fingerprint density at radius 3 is 1.16 bits per heavy atom. The molecule has 57 heavy (non-hydrogen) atoms. The summed E-state index contributed by atoms with van der Waals surface area (Å²) < 4.78 is 0. The third-order valence-electron chi connectivity index (χ3n) is 11.6. The highest BCUT2D eigenvalue weighted by Gasteiger charge is 2.12. The molecule has 320 valence electrons. The van der Waals surface area contributed by atoms with Crippen LogP contribution >= 0.6 is 0 Å². The average Bonchev–Trinajstić information content (AvgIpc) is 3.21. The van der Waals surface area contributed by atoms with Crippen LogP contribution in [0.2, 0.25) is 0 Å². The van der Waals surface area contributed by atoms with Crippen LogP contribution in [-0.2, 0) is 25.7 Å². The Hall–Kier alpha value is -2.66. The number of aliphatic imine (C=N–C) groups is 2. The van der Waals surface area contributed by atoms with E-state index in [-0.39, 0.29) is 0 Å². The van der Waals surface area contributed by atoms with Gasteiger partial charge in [-0.15, -0.1) is 0 Å². The van der Waals surface area contributed by atoms with E-state index in [1.165, 1.54) is 164 Å². The smallest absolute Gasteiger partial charge is 0.135 e. The van der Waals surface area contributed by atoms with E-state index in [2.05, 4.69) is 89.8 Å². The number of aryl methyl sites for hydroxylation is 4. The fourth-order valence-corrected chi connectivity index (χ4v) is 8.21. The fourth-order valence-electron chi connectivity index (χ4n) is 8.21. The second-order valence-corrected chi connectivity index (χ2v) is 17.2. The van der Waals surface area contributed by atoms with Gasteiger partial charge in [0.1, 0.15) is 5.71 Å². The van der Waals surface area contributed by atoms with E-state index in [0.717, 1.165) is 93.4 Å². The maximum absolute atomic E-state index is 5.41. The molecule has 0 saturated carbocycles. The van der Waals surface area contributed by atoms with Crippen LogP contribution in [0.4, 0.5) is 11.4 Å². The van der Waals surface area contributed by atoms with Crippen LogP contribution in [0.3, 0.4) is 0 Å². The first-order valence-electron chi connectivity index (χ1n) is 25.0. The lowest BCUT2D eigenvalue weighted by Crippen LogP contribution is -2.12. The van der Waals surface area contributed by atoms with E-state index in [1.54, 1.807) is 0 Å². The molecule has 2 heteroatoms. The maximum Gasteiger partial charge on any atom is 0.135 e. The third kappa shape index (κ3) is 24.1.